The van der Waals surface area contributed by atoms with E-state index in [-0.39, 0.29) is 12.0 Å². The number of hydrogen-bond donors (Lipinski definition) is 1. The van der Waals surface area contributed by atoms with Gasteiger partial charge in [0.1, 0.15) is 6.04 Å². The van der Waals surface area contributed by atoms with Crippen molar-refractivity contribution in [2.24, 2.45) is 0 Å². The number of methoxy groups -OCH3 is 1. The summed E-state index contributed by atoms with van der Waals surface area (Å²) in [5.41, 5.74) is 0. The number of hydrogen-bond acceptors (Lipinski definition) is 3. The fraction of sp³-hybridized carbons (Fsp3) is 0.667. The molecule has 0 saturated heterocycles. The summed E-state index contributed by atoms with van der Waals surface area (Å²) in [4.78, 5) is 11.1. The van der Waals surface area contributed by atoms with Gasteiger partial charge in [0.2, 0.25) is 0 Å². The fourth-order valence-corrected chi connectivity index (χ4v) is 0.960. The van der Waals surface area contributed by atoms with Crippen LogP contribution in [0.25, 0.3) is 0 Å². The second-order valence-corrected chi connectivity index (χ2v) is 2.56. The van der Waals surface area contributed by atoms with E-state index in [1.807, 2.05) is 6.92 Å². The second-order valence-electron chi connectivity index (χ2n) is 2.56. The Balaban J connectivity index is 3.84. The topological polar surface area (TPSA) is 38.3 Å². The highest BCUT2D eigenvalue weighted by Crippen LogP contribution is 1.98. The van der Waals surface area contributed by atoms with E-state index in [0.29, 0.717) is 6.54 Å². The molecule has 0 aromatic carbocycles. The van der Waals surface area contributed by atoms with Gasteiger partial charge in [0.05, 0.1) is 7.11 Å². The largest absolute Gasteiger partial charge is 0.468 e. The van der Waals surface area contributed by atoms with Gasteiger partial charge in [0.25, 0.3) is 0 Å². The molecule has 0 aliphatic carbocycles. The van der Waals surface area contributed by atoms with Crippen LogP contribution in [0.1, 0.15) is 19.8 Å². The molecule has 0 fully saturated rings. The number of nitrogens with one attached hydrogen (secondary N) is 1. The van der Waals surface area contributed by atoms with Crippen molar-refractivity contribution in [3.05, 3.63) is 12.7 Å². The quantitative estimate of drug-likeness (QED) is 0.480. The van der Waals surface area contributed by atoms with Crippen molar-refractivity contribution in [3.8, 4) is 0 Å². The Morgan fingerprint density at radius 2 is 2.42 bits per heavy atom. The van der Waals surface area contributed by atoms with Crippen LogP contribution in [0.15, 0.2) is 12.7 Å². The summed E-state index contributed by atoms with van der Waals surface area (Å²) in [6.45, 7) is 6.24. The first-order valence-corrected chi connectivity index (χ1v) is 4.18. The van der Waals surface area contributed by atoms with E-state index < -0.39 is 0 Å². The van der Waals surface area contributed by atoms with Gasteiger partial charge in [0, 0.05) is 6.54 Å². The Labute approximate surface area is 73.8 Å². The Hall–Kier alpha value is -0.830. The van der Waals surface area contributed by atoms with Crippen LogP contribution in [-0.2, 0) is 9.53 Å². The molecule has 0 aliphatic heterocycles. The lowest BCUT2D eigenvalue weighted by Gasteiger charge is -2.13. The van der Waals surface area contributed by atoms with E-state index in [9.17, 15) is 4.79 Å². The molecule has 0 bridgehead atoms. The van der Waals surface area contributed by atoms with Crippen LogP contribution in [0.4, 0.5) is 0 Å². The van der Waals surface area contributed by atoms with Crippen molar-refractivity contribution < 1.29 is 9.53 Å². The monoisotopic (exact) mass is 171 g/mol. The first-order valence-electron chi connectivity index (χ1n) is 4.18. The highest BCUT2D eigenvalue weighted by Gasteiger charge is 2.15. The van der Waals surface area contributed by atoms with E-state index in [4.69, 9.17) is 0 Å². The van der Waals surface area contributed by atoms with E-state index in [0.717, 1.165) is 12.8 Å². The molecule has 3 heteroatoms. The van der Waals surface area contributed by atoms with Crippen molar-refractivity contribution in [3.63, 3.8) is 0 Å². The Morgan fingerprint density at radius 3 is 2.83 bits per heavy atom. The first kappa shape index (κ1) is 11.2. The van der Waals surface area contributed by atoms with Crippen molar-refractivity contribution in [2.75, 3.05) is 13.7 Å². The number of carbonyl (C=O) groups is 1. The molecular formula is C9H17NO2. The Morgan fingerprint density at radius 1 is 1.75 bits per heavy atom. The molecule has 0 heterocycles. The molecule has 1 unspecified atom stereocenters. The van der Waals surface area contributed by atoms with E-state index >= 15 is 0 Å². The smallest absolute Gasteiger partial charge is 0.322 e. The average Bonchev–Trinajstić information content (AvgIpc) is 2.11. The lowest BCUT2D eigenvalue weighted by atomic mass is 10.2. The summed E-state index contributed by atoms with van der Waals surface area (Å²) < 4.78 is 4.63. The van der Waals surface area contributed by atoms with Crippen molar-refractivity contribution >= 4 is 5.97 Å². The maximum Gasteiger partial charge on any atom is 0.322 e. The van der Waals surface area contributed by atoms with Gasteiger partial charge in [-0.1, -0.05) is 19.4 Å². The molecule has 70 valence electrons. The van der Waals surface area contributed by atoms with Gasteiger partial charge in [0.15, 0.2) is 0 Å². The molecule has 12 heavy (non-hydrogen) atoms. The summed E-state index contributed by atoms with van der Waals surface area (Å²) in [5, 5.41) is 3.03. The second kappa shape index (κ2) is 6.85. The molecule has 0 aromatic rings. The van der Waals surface area contributed by atoms with Crippen LogP contribution >= 0.6 is 0 Å². The summed E-state index contributed by atoms with van der Waals surface area (Å²) in [7, 11) is 1.40. The van der Waals surface area contributed by atoms with Crippen LogP contribution in [0.5, 0.6) is 0 Å². The van der Waals surface area contributed by atoms with E-state index in [1.54, 1.807) is 6.08 Å². The molecule has 1 atom stereocenters. The minimum Gasteiger partial charge on any atom is -0.468 e. The molecule has 0 radical (unpaired) electrons. The Kier molecular flexibility index (Phi) is 6.38. The average molecular weight is 171 g/mol. The molecule has 1 N–H and O–H groups in total. The zero-order chi connectivity index (χ0) is 9.40. The van der Waals surface area contributed by atoms with Crippen LogP contribution in [-0.4, -0.2) is 25.7 Å². The van der Waals surface area contributed by atoms with Gasteiger partial charge in [-0.3, -0.25) is 4.79 Å². The lowest BCUT2D eigenvalue weighted by molar-refractivity contribution is -0.143. The number of carbonyl (C=O) groups excluding carboxylic acids is 1. The van der Waals surface area contributed by atoms with E-state index in [2.05, 4.69) is 16.6 Å². The number of esters is 1. The normalized spacial score (nSPS) is 12.2. The third-order valence-corrected chi connectivity index (χ3v) is 1.57. The molecule has 0 aliphatic rings. The third-order valence-electron chi connectivity index (χ3n) is 1.57. The number of rotatable bonds is 6. The minimum absolute atomic E-state index is 0.182. The summed E-state index contributed by atoms with van der Waals surface area (Å²) in [6.07, 6.45) is 3.50. The Bertz CT molecular complexity index is 145. The van der Waals surface area contributed by atoms with Crippen LogP contribution in [0, 0.1) is 0 Å². The summed E-state index contributed by atoms with van der Waals surface area (Å²) in [5.74, 6) is -0.196. The van der Waals surface area contributed by atoms with Crippen LogP contribution < -0.4 is 5.32 Å². The molecule has 0 aromatic heterocycles. The van der Waals surface area contributed by atoms with Gasteiger partial charge >= 0.3 is 5.97 Å². The van der Waals surface area contributed by atoms with Gasteiger partial charge < -0.3 is 10.1 Å². The van der Waals surface area contributed by atoms with Crippen molar-refractivity contribution in [2.45, 2.75) is 25.8 Å². The summed E-state index contributed by atoms with van der Waals surface area (Å²) >= 11 is 0. The van der Waals surface area contributed by atoms with Crippen LogP contribution in [0.2, 0.25) is 0 Å². The highest BCUT2D eigenvalue weighted by molar-refractivity contribution is 5.75. The third kappa shape index (κ3) is 4.13. The van der Waals surface area contributed by atoms with E-state index in [1.165, 1.54) is 7.11 Å². The fourth-order valence-electron chi connectivity index (χ4n) is 0.960. The maximum absolute atomic E-state index is 11.1. The van der Waals surface area contributed by atoms with Crippen LogP contribution in [0.3, 0.4) is 0 Å². The predicted molar refractivity (Wildman–Crippen MR) is 48.9 cm³/mol. The zero-order valence-electron chi connectivity index (χ0n) is 7.80. The SMILES string of the molecule is C=CCNC(CCC)C(=O)OC. The van der Waals surface area contributed by atoms with Gasteiger partial charge in [-0.2, -0.15) is 0 Å². The molecule has 0 saturated carbocycles. The predicted octanol–water partition coefficient (Wildman–Crippen LogP) is 1.10. The van der Waals surface area contributed by atoms with Gasteiger partial charge in [-0.05, 0) is 6.42 Å². The highest BCUT2D eigenvalue weighted by atomic mass is 16.5. The lowest BCUT2D eigenvalue weighted by Crippen LogP contribution is -2.37. The molecule has 0 amide bonds. The molecule has 3 nitrogen and oxygen atoms in total. The minimum atomic E-state index is -0.196. The molecule has 0 rings (SSSR count). The zero-order valence-corrected chi connectivity index (χ0v) is 7.80. The van der Waals surface area contributed by atoms with Crippen molar-refractivity contribution in [1.82, 2.24) is 5.32 Å². The molecular weight excluding hydrogens is 154 g/mol. The first-order chi connectivity index (χ1) is 5.76. The standard InChI is InChI=1S/C9H17NO2/c1-4-6-8(9(11)12-3)10-7-5-2/h5,8,10H,2,4,6-7H2,1,3H3. The van der Waals surface area contributed by atoms with Gasteiger partial charge in [-0.15, -0.1) is 6.58 Å². The van der Waals surface area contributed by atoms with Gasteiger partial charge in [-0.25, -0.2) is 0 Å². The molecule has 0 spiro atoms. The summed E-state index contributed by atoms with van der Waals surface area (Å²) in [6, 6.07) is -0.182. The van der Waals surface area contributed by atoms with Crippen molar-refractivity contribution in [1.29, 1.82) is 0 Å². The maximum atomic E-state index is 11.1. The number of ether oxygens (including phenoxy) is 1.